The van der Waals surface area contributed by atoms with Crippen LogP contribution in [0.4, 0.5) is 13.2 Å². The fourth-order valence-electron chi connectivity index (χ4n) is 3.61. The first kappa shape index (κ1) is 20.0. The molecule has 0 spiro atoms. The van der Waals surface area contributed by atoms with Crippen LogP contribution >= 0.6 is 0 Å². The maximum atomic E-state index is 13.0. The summed E-state index contributed by atoms with van der Waals surface area (Å²) >= 11 is 0. The molecule has 1 aliphatic carbocycles. The lowest BCUT2D eigenvalue weighted by Crippen LogP contribution is -2.42. The van der Waals surface area contributed by atoms with E-state index in [-0.39, 0.29) is 5.41 Å². The lowest BCUT2D eigenvalue weighted by Gasteiger charge is -2.25. The Bertz CT molecular complexity index is 665. The molecule has 1 aromatic rings. The van der Waals surface area contributed by atoms with Crippen LogP contribution in [0.2, 0.25) is 0 Å². The topological polar surface area (TPSA) is 36.9 Å². The summed E-state index contributed by atoms with van der Waals surface area (Å²) in [6, 6.07) is 5.71. The minimum atomic E-state index is -4.31. The van der Waals surface area contributed by atoms with Gasteiger partial charge in [0, 0.05) is 38.1 Å². The third-order valence-electron chi connectivity index (χ3n) is 5.44. The van der Waals surface area contributed by atoms with Crippen LogP contribution < -0.4 is 5.32 Å². The van der Waals surface area contributed by atoms with Crippen LogP contribution in [-0.4, -0.2) is 50.8 Å². The molecule has 27 heavy (non-hydrogen) atoms. The van der Waals surface area contributed by atoms with Gasteiger partial charge in [-0.05, 0) is 37.8 Å². The summed E-state index contributed by atoms with van der Waals surface area (Å²) in [5.74, 6) is 1.31. The Morgan fingerprint density at radius 3 is 2.74 bits per heavy atom. The molecule has 1 heterocycles. The molecule has 1 saturated carbocycles. The molecule has 4 nitrogen and oxygen atoms in total. The molecule has 150 valence electrons. The third-order valence-corrected chi connectivity index (χ3v) is 5.44. The Labute approximate surface area is 158 Å². The van der Waals surface area contributed by atoms with Crippen LogP contribution in [0.5, 0.6) is 0 Å². The summed E-state index contributed by atoms with van der Waals surface area (Å²) in [6.07, 6.45) is -1.51. The Balaban J connectivity index is 1.71. The van der Waals surface area contributed by atoms with E-state index >= 15 is 0 Å². The van der Waals surface area contributed by atoms with Gasteiger partial charge in [-0.25, -0.2) is 0 Å². The average molecular weight is 383 g/mol. The lowest BCUT2D eigenvalue weighted by molar-refractivity contribution is -0.137. The van der Waals surface area contributed by atoms with E-state index in [4.69, 9.17) is 9.73 Å². The highest BCUT2D eigenvalue weighted by Gasteiger charge is 2.45. The molecule has 0 aromatic heterocycles. The number of alkyl halides is 3. The van der Waals surface area contributed by atoms with Crippen LogP contribution in [0.25, 0.3) is 0 Å². The average Bonchev–Trinajstić information content (AvgIpc) is 3.26. The van der Waals surface area contributed by atoms with Crippen molar-refractivity contribution in [2.75, 3.05) is 39.9 Å². The summed E-state index contributed by atoms with van der Waals surface area (Å²) < 4.78 is 44.5. The van der Waals surface area contributed by atoms with Crippen molar-refractivity contribution in [2.24, 2.45) is 10.9 Å². The van der Waals surface area contributed by atoms with Crippen molar-refractivity contribution in [3.63, 3.8) is 0 Å². The number of aliphatic imine (C=N–C) groups is 1. The molecule has 2 fully saturated rings. The number of rotatable bonds is 6. The standard InChI is InChI=1S/C20H28F3N3O/c1-3-24-18(26(2)12-15-7-10-27-13-15)25-14-19(8-9-19)16-5-4-6-17(11-16)20(21,22)23/h4-6,11,15H,3,7-10,12-14H2,1-2H3,(H,24,25). The van der Waals surface area contributed by atoms with Gasteiger partial charge >= 0.3 is 6.18 Å². The van der Waals surface area contributed by atoms with Crippen molar-refractivity contribution in [1.29, 1.82) is 0 Å². The number of nitrogens with zero attached hydrogens (tertiary/aromatic N) is 2. The molecule has 0 radical (unpaired) electrons. The fraction of sp³-hybridized carbons (Fsp3) is 0.650. The number of hydrogen-bond donors (Lipinski definition) is 1. The molecule has 1 unspecified atom stereocenters. The van der Waals surface area contributed by atoms with Crippen LogP contribution in [0.1, 0.15) is 37.3 Å². The maximum absolute atomic E-state index is 13.0. The number of guanidine groups is 1. The van der Waals surface area contributed by atoms with Crippen molar-refractivity contribution in [3.05, 3.63) is 35.4 Å². The predicted molar refractivity (Wildman–Crippen MR) is 99.9 cm³/mol. The molecule has 2 aliphatic rings. The van der Waals surface area contributed by atoms with E-state index < -0.39 is 11.7 Å². The zero-order chi connectivity index (χ0) is 19.5. The Kier molecular flexibility index (Phi) is 5.99. The molecule has 1 N–H and O–H groups in total. The second-order valence-corrected chi connectivity index (χ2v) is 7.64. The first-order valence-corrected chi connectivity index (χ1v) is 9.59. The number of ether oxygens (including phenoxy) is 1. The van der Waals surface area contributed by atoms with Crippen LogP contribution in [0, 0.1) is 5.92 Å². The molecule has 3 rings (SSSR count). The van der Waals surface area contributed by atoms with Gasteiger partial charge in [0.25, 0.3) is 0 Å². The minimum absolute atomic E-state index is 0.265. The Hall–Kier alpha value is -1.76. The van der Waals surface area contributed by atoms with Crippen molar-refractivity contribution in [3.8, 4) is 0 Å². The van der Waals surface area contributed by atoms with E-state index in [0.717, 1.165) is 63.2 Å². The highest BCUT2D eigenvalue weighted by atomic mass is 19.4. The van der Waals surface area contributed by atoms with Gasteiger partial charge in [0.15, 0.2) is 5.96 Å². The number of nitrogens with one attached hydrogen (secondary N) is 1. The van der Waals surface area contributed by atoms with Crippen molar-refractivity contribution < 1.29 is 17.9 Å². The molecule has 0 bridgehead atoms. The van der Waals surface area contributed by atoms with Crippen molar-refractivity contribution in [2.45, 2.75) is 37.8 Å². The number of halogens is 3. The highest BCUT2D eigenvalue weighted by Crippen LogP contribution is 2.49. The Morgan fingerprint density at radius 1 is 1.37 bits per heavy atom. The number of hydrogen-bond acceptors (Lipinski definition) is 2. The van der Waals surface area contributed by atoms with E-state index in [1.807, 2.05) is 14.0 Å². The molecule has 7 heteroatoms. The molecule has 1 saturated heterocycles. The van der Waals surface area contributed by atoms with E-state index in [0.29, 0.717) is 12.5 Å². The quantitative estimate of drug-likeness (QED) is 0.602. The Morgan fingerprint density at radius 2 is 2.15 bits per heavy atom. The van der Waals surface area contributed by atoms with Crippen molar-refractivity contribution in [1.82, 2.24) is 10.2 Å². The van der Waals surface area contributed by atoms with Crippen LogP contribution in [0.3, 0.4) is 0 Å². The van der Waals surface area contributed by atoms with Crippen LogP contribution in [0.15, 0.2) is 29.3 Å². The van der Waals surface area contributed by atoms with Crippen LogP contribution in [-0.2, 0) is 16.3 Å². The van der Waals surface area contributed by atoms with E-state index in [1.54, 1.807) is 6.07 Å². The van der Waals surface area contributed by atoms with Crippen molar-refractivity contribution >= 4 is 5.96 Å². The van der Waals surface area contributed by atoms with Gasteiger partial charge in [-0.15, -0.1) is 0 Å². The first-order valence-electron chi connectivity index (χ1n) is 9.59. The van der Waals surface area contributed by atoms with E-state index in [2.05, 4.69) is 10.2 Å². The monoisotopic (exact) mass is 383 g/mol. The molecular weight excluding hydrogens is 355 g/mol. The summed E-state index contributed by atoms with van der Waals surface area (Å²) in [5.41, 5.74) is -0.108. The lowest BCUT2D eigenvalue weighted by atomic mass is 9.94. The SMILES string of the molecule is CCNC(=NCC1(c2cccc(C(F)(F)F)c2)CC1)N(C)CC1CCOC1. The van der Waals surface area contributed by atoms with Gasteiger partial charge in [-0.2, -0.15) is 13.2 Å². The minimum Gasteiger partial charge on any atom is -0.381 e. The van der Waals surface area contributed by atoms with Gasteiger partial charge in [0.2, 0.25) is 0 Å². The second kappa shape index (κ2) is 8.09. The normalized spacial score (nSPS) is 22.0. The zero-order valence-electron chi connectivity index (χ0n) is 16.0. The number of benzene rings is 1. The van der Waals surface area contributed by atoms with Gasteiger partial charge in [0.05, 0.1) is 18.7 Å². The maximum Gasteiger partial charge on any atom is 0.416 e. The second-order valence-electron chi connectivity index (χ2n) is 7.64. The van der Waals surface area contributed by atoms with Gasteiger partial charge < -0.3 is 15.0 Å². The summed E-state index contributed by atoms with van der Waals surface area (Å²) in [4.78, 5) is 6.87. The molecule has 1 aromatic carbocycles. The highest BCUT2D eigenvalue weighted by molar-refractivity contribution is 5.79. The molecule has 0 amide bonds. The fourth-order valence-corrected chi connectivity index (χ4v) is 3.61. The molecular formula is C20H28F3N3O. The smallest absolute Gasteiger partial charge is 0.381 e. The predicted octanol–water partition coefficient (Wildman–Crippen LogP) is 3.67. The molecule has 1 atom stereocenters. The van der Waals surface area contributed by atoms with E-state index in [1.165, 1.54) is 12.1 Å². The summed E-state index contributed by atoms with van der Waals surface area (Å²) in [6.45, 7) is 5.72. The first-order chi connectivity index (χ1) is 12.8. The summed E-state index contributed by atoms with van der Waals surface area (Å²) in [7, 11) is 2.00. The summed E-state index contributed by atoms with van der Waals surface area (Å²) in [5, 5.41) is 3.30. The van der Waals surface area contributed by atoms with Gasteiger partial charge in [-0.3, -0.25) is 4.99 Å². The van der Waals surface area contributed by atoms with Gasteiger partial charge in [0.1, 0.15) is 0 Å². The largest absolute Gasteiger partial charge is 0.416 e. The zero-order valence-corrected chi connectivity index (χ0v) is 16.0. The third kappa shape index (κ3) is 4.94. The molecule has 1 aliphatic heterocycles. The van der Waals surface area contributed by atoms with Gasteiger partial charge in [-0.1, -0.05) is 18.2 Å². The van der Waals surface area contributed by atoms with E-state index in [9.17, 15) is 13.2 Å².